The zero-order valence-electron chi connectivity index (χ0n) is 15.4. The Morgan fingerprint density at radius 2 is 1.74 bits per heavy atom. The fourth-order valence-electron chi connectivity index (χ4n) is 2.95. The Morgan fingerprint density at radius 3 is 2.33 bits per heavy atom. The molecule has 6 nitrogen and oxygen atoms in total. The maximum atomic E-state index is 12.4. The summed E-state index contributed by atoms with van der Waals surface area (Å²) in [6.07, 6.45) is 16.3. The van der Waals surface area contributed by atoms with Crippen molar-refractivity contribution in [1.29, 1.82) is 0 Å². The van der Waals surface area contributed by atoms with Gasteiger partial charge in [-0.2, -0.15) is 5.23 Å². The van der Waals surface area contributed by atoms with Crippen LogP contribution in [0.5, 0.6) is 0 Å². The molecule has 6 heteroatoms. The molecule has 27 heavy (non-hydrogen) atoms. The summed E-state index contributed by atoms with van der Waals surface area (Å²) in [6.45, 7) is 0.163. The van der Waals surface area contributed by atoms with Gasteiger partial charge < -0.3 is 15.0 Å². The summed E-state index contributed by atoms with van der Waals surface area (Å²) < 4.78 is 0. The number of carbonyl (C=O) groups is 1. The lowest BCUT2D eigenvalue weighted by Gasteiger charge is -2.20. The van der Waals surface area contributed by atoms with Crippen LogP contribution in [-0.4, -0.2) is 42.6 Å². The van der Waals surface area contributed by atoms with Crippen LogP contribution in [0.25, 0.3) is 0 Å². The molecule has 0 bridgehead atoms. The molecule has 1 aromatic rings. The molecule has 1 aliphatic carbocycles. The first-order chi connectivity index (χ1) is 12.9. The van der Waals surface area contributed by atoms with Gasteiger partial charge in [-0.05, 0) is 35.5 Å². The molecule has 0 amide bonds. The molecule has 0 aromatic heterocycles. The molecule has 0 fully saturated rings. The van der Waals surface area contributed by atoms with Crippen LogP contribution in [0.2, 0.25) is 0 Å². The minimum Gasteiger partial charge on any atom is -0.595 e. The molecule has 0 spiro atoms. The van der Waals surface area contributed by atoms with Gasteiger partial charge in [0.15, 0.2) is 11.5 Å². The predicted molar refractivity (Wildman–Crippen MR) is 103 cm³/mol. The third kappa shape index (κ3) is 4.69. The maximum absolute atomic E-state index is 12.4. The first-order valence-corrected chi connectivity index (χ1v) is 8.83. The van der Waals surface area contributed by atoms with E-state index in [2.05, 4.69) is 38.4 Å². The van der Waals surface area contributed by atoms with Crippen molar-refractivity contribution in [3.05, 3.63) is 95.0 Å². The lowest BCUT2D eigenvalue weighted by molar-refractivity contribution is -0.991. The molecule has 1 unspecified atom stereocenters. The van der Waals surface area contributed by atoms with Gasteiger partial charge in [0.05, 0.1) is 20.6 Å². The van der Waals surface area contributed by atoms with E-state index in [1.54, 1.807) is 17.0 Å². The summed E-state index contributed by atoms with van der Waals surface area (Å²) >= 11 is 0. The number of hydrogen-bond acceptors (Lipinski definition) is 4. The highest BCUT2D eigenvalue weighted by Crippen LogP contribution is 2.19. The van der Waals surface area contributed by atoms with Crippen LogP contribution < -0.4 is 10.1 Å². The highest BCUT2D eigenvalue weighted by Gasteiger charge is 2.14. The van der Waals surface area contributed by atoms with E-state index in [1.807, 2.05) is 24.6 Å². The molecular formula is C21H24N3O3+. The molecular weight excluding hydrogens is 342 g/mol. The highest BCUT2D eigenvalue weighted by molar-refractivity contribution is 5.98. The Balaban J connectivity index is 1.65. The normalized spacial score (nSPS) is 19.9. The molecule has 3 rings (SSSR count). The molecule has 0 saturated heterocycles. The van der Waals surface area contributed by atoms with Crippen LogP contribution in [0.15, 0.2) is 84.3 Å². The summed E-state index contributed by atoms with van der Waals surface area (Å²) in [5.74, 6) is -0.127. The molecule has 1 aliphatic heterocycles. The Kier molecular flexibility index (Phi) is 5.83. The fourth-order valence-corrected chi connectivity index (χ4v) is 2.95. The SMILES string of the molecule is C[NH+](C)C1C=CC(=C2C=CN(CC(=O)c3cccc([NH+]([O-])O)c3)C=C2)C=C1. The first-order valence-electron chi connectivity index (χ1n) is 8.83. The van der Waals surface area contributed by atoms with Gasteiger partial charge in [0.2, 0.25) is 0 Å². The minimum absolute atomic E-state index is 0.117. The topological polar surface area (TPSA) is 72.5 Å². The van der Waals surface area contributed by atoms with Crippen LogP contribution in [-0.2, 0) is 0 Å². The van der Waals surface area contributed by atoms with E-state index >= 15 is 0 Å². The van der Waals surface area contributed by atoms with Crippen molar-refractivity contribution in [2.24, 2.45) is 0 Å². The number of ketones is 1. The second-order valence-electron chi connectivity index (χ2n) is 6.84. The summed E-state index contributed by atoms with van der Waals surface area (Å²) in [5, 5.41) is 19.1. The third-order valence-corrected chi connectivity index (χ3v) is 4.62. The number of nitrogens with one attached hydrogen (secondary N) is 2. The second-order valence-corrected chi connectivity index (χ2v) is 6.84. The molecule has 1 heterocycles. The van der Waals surface area contributed by atoms with Crippen molar-refractivity contribution < 1.29 is 20.1 Å². The summed E-state index contributed by atoms with van der Waals surface area (Å²) in [4.78, 5) is 15.6. The number of hydrogen-bond donors (Lipinski definition) is 3. The number of nitrogens with zero attached hydrogens (tertiary/aromatic N) is 1. The second kappa shape index (κ2) is 8.28. The van der Waals surface area contributed by atoms with Gasteiger partial charge >= 0.3 is 0 Å². The van der Waals surface area contributed by atoms with E-state index in [1.165, 1.54) is 17.0 Å². The Hall–Kier alpha value is -2.77. The lowest BCUT2D eigenvalue weighted by Crippen LogP contribution is -3.09. The number of likely N-dealkylation sites (N-methyl/N-ethyl adjacent to an activating group) is 1. The number of benzene rings is 1. The standard InChI is InChI=1S/C21H23N3O3/c1-22(2)19-8-6-16(7-9-19)17-10-12-23(13-11-17)15-21(25)18-4-3-5-20(14-18)24(26)27/h3-14,19,24,26H,15H2,1-2H3/p+1. The van der Waals surface area contributed by atoms with Gasteiger partial charge in [-0.3, -0.25) is 4.79 Å². The molecule has 0 saturated carbocycles. The van der Waals surface area contributed by atoms with Crippen LogP contribution in [0.4, 0.5) is 5.69 Å². The molecule has 1 atom stereocenters. The average molecular weight is 366 g/mol. The highest BCUT2D eigenvalue weighted by atomic mass is 16.8. The van der Waals surface area contributed by atoms with Gasteiger partial charge in [0, 0.05) is 30.1 Å². The van der Waals surface area contributed by atoms with Crippen LogP contribution in [0, 0.1) is 5.21 Å². The number of Topliss-reactive ketones (excluding diaryl/α,β-unsaturated/α-hetero) is 1. The minimum atomic E-state index is -1.04. The summed E-state index contributed by atoms with van der Waals surface area (Å²) in [7, 11) is 4.25. The van der Waals surface area contributed by atoms with E-state index in [4.69, 9.17) is 5.21 Å². The van der Waals surface area contributed by atoms with Crippen molar-refractivity contribution in [3.8, 4) is 0 Å². The number of carbonyl (C=O) groups excluding carboxylic acids is 1. The summed E-state index contributed by atoms with van der Waals surface area (Å²) in [6, 6.07) is 6.51. The van der Waals surface area contributed by atoms with Crippen molar-refractivity contribution in [2.45, 2.75) is 6.04 Å². The van der Waals surface area contributed by atoms with Crippen molar-refractivity contribution >= 4 is 11.5 Å². The van der Waals surface area contributed by atoms with E-state index < -0.39 is 5.23 Å². The van der Waals surface area contributed by atoms with Gasteiger partial charge in [0.25, 0.3) is 0 Å². The lowest BCUT2D eigenvalue weighted by atomic mass is 9.99. The monoisotopic (exact) mass is 366 g/mol. The largest absolute Gasteiger partial charge is 0.595 e. The average Bonchev–Trinajstić information content (AvgIpc) is 2.68. The third-order valence-electron chi connectivity index (χ3n) is 4.62. The number of quaternary nitrogens is 2. The van der Waals surface area contributed by atoms with Gasteiger partial charge in [-0.15, -0.1) is 0 Å². The zero-order valence-corrected chi connectivity index (χ0v) is 15.4. The fraction of sp³-hybridized carbons (Fsp3) is 0.190. The van der Waals surface area contributed by atoms with E-state index in [-0.39, 0.29) is 18.0 Å². The maximum Gasteiger partial charge on any atom is 0.182 e. The van der Waals surface area contributed by atoms with E-state index in [0.717, 1.165) is 11.1 Å². The van der Waals surface area contributed by atoms with Crippen molar-refractivity contribution in [1.82, 2.24) is 4.90 Å². The number of allylic oxidation sites excluding steroid dienone is 6. The van der Waals surface area contributed by atoms with Crippen LogP contribution >= 0.6 is 0 Å². The van der Waals surface area contributed by atoms with Gasteiger partial charge in [-0.1, -0.05) is 24.3 Å². The Bertz CT molecular complexity index is 831. The Labute approximate surface area is 158 Å². The van der Waals surface area contributed by atoms with Crippen LogP contribution in [0.3, 0.4) is 0 Å². The molecule has 140 valence electrons. The molecule has 2 aliphatic rings. The molecule has 1 aromatic carbocycles. The van der Waals surface area contributed by atoms with Gasteiger partial charge in [0.1, 0.15) is 6.04 Å². The van der Waals surface area contributed by atoms with E-state index in [0.29, 0.717) is 11.6 Å². The first kappa shape index (κ1) is 19.0. The Morgan fingerprint density at radius 1 is 1.11 bits per heavy atom. The van der Waals surface area contributed by atoms with Gasteiger partial charge in [-0.25, -0.2) is 5.21 Å². The zero-order chi connectivity index (χ0) is 19.4. The predicted octanol–water partition coefficient (Wildman–Crippen LogP) is 0.551. The van der Waals surface area contributed by atoms with E-state index in [9.17, 15) is 10.0 Å². The van der Waals surface area contributed by atoms with Crippen molar-refractivity contribution in [2.75, 3.05) is 20.6 Å². The van der Waals surface area contributed by atoms with Crippen LogP contribution in [0.1, 0.15) is 10.4 Å². The van der Waals surface area contributed by atoms with Crippen molar-refractivity contribution in [3.63, 3.8) is 0 Å². The smallest absolute Gasteiger partial charge is 0.182 e. The quantitative estimate of drug-likeness (QED) is 0.526. The molecule has 3 N–H and O–H groups in total. The molecule has 0 radical (unpaired) electrons. The summed E-state index contributed by atoms with van der Waals surface area (Å²) in [5.41, 5.74) is 2.74. The number of rotatable bonds is 5.